The molecular formula is C18H26F2Zr2+4. The standard InChI is InChI=1S/2C9H13.2FH.2Zr/c2*1-2-3-6-9-7-4-5-8-9;;;;/h2*4-5,7-8H,2-3,6H2,1H3;2*1H;;/q2*-1;;;2*+4/p-2. The smallest absolute Gasteiger partial charge is 1.00 e. The van der Waals surface area contributed by atoms with Crippen molar-refractivity contribution in [1.29, 1.82) is 0 Å². The van der Waals surface area contributed by atoms with Crippen LogP contribution in [0.4, 0.5) is 0 Å². The number of unbranched alkanes of at least 4 members (excludes halogenated alkanes) is 2. The number of hydrogen-bond acceptors (Lipinski definition) is 0. The van der Waals surface area contributed by atoms with Crippen molar-refractivity contribution in [3.05, 3.63) is 59.7 Å². The van der Waals surface area contributed by atoms with Crippen molar-refractivity contribution in [2.24, 2.45) is 0 Å². The van der Waals surface area contributed by atoms with Crippen LogP contribution in [0, 0.1) is 0 Å². The molecule has 0 aliphatic rings. The molecule has 0 nitrogen and oxygen atoms in total. The van der Waals surface area contributed by atoms with Crippen molar-refractivity contribution in [2.45, 2.75) is 52.4 Å². The van der Waals surface area contributed by atoms with Crippen molar-refractivity contribution in [1.82, 2.24) is 0 Å². The van der Waals surface area contributed by atoms with E-state index in [0.29, 0.717) is 0 Å². The summed E-state index contributed by atoms with van der Waals surface area (Å²) in [6.07, 6.45) is 7.75. The zero-order valence-electron chi connectivity index (χ0n) is 13.6. The second-order valence-corrected chi connectivity index (χ2v) is 4.79. The average molecular weight is 463 g/mol. The second-order valence-electron chi connectivity index (χ2n) is 4.79. The van der Waals surface area contributed by atoms with Crippen LogP contribution in [0.1, 0.15) is 50.7 Å². The van der Waals surface area contributed by atoms with Gasteiger partial charge in [0.15, 0.2) is 0 Å². The maximum atomic E-state index is 2.23. The molecule has 0 aliphatic heterocycles. The Morgan fingerprint density at radius 2 is 0.864 bits per heavy atom. The van der Waals surface area contributed by atoms with Crippen LogP contribution in [0.2, 0.25) is 0 Å². The Hall–Kier alpha value is 0.326. The third-order valence-corrected chi connectivity index (χ3v) is 3.10. The van der Waals surface area contributed by atoms with Gasteiger partial charge in [-0.05, 0) is 0 Å². The molecule has 0 N–H and O–H groups in total. The van der Waals surface area contributed by atoms with Crippen molar-refractivity contribution < 1.29 is 61.8 Å². The molecule has 0 bridgehead atoms. The molecule has 4 heteroatoms. The van der Waals surface area contributed by atoms with Crippen LogP contribution in [0.25, 0.3) is 0 Å². The van der Waals surface area contributed by atoms with Gasteiger partial charge in [0.1, 0.15) is 0 Å². The van der Waals surface area contributed by atoms with Crippen LogP contribution in [-0.4, -0.2) is 0 Å². The minimum absolute atomic E-state index is 0. The molecule has 22 heavy (non-hydrogen) atoms. The van der Waals surface area contributed by atoms with Gasteiger partial charge in [0, 0.05) is 0 Å². The fourth-order valence-corrected chi connectivity index (χ4v) is 1.92. The summed E-state index contributed by atoms with van der Waals surface area (Å²) in [5, 5.41) is 0. The summed E-state index contributed by atoms with van der Waals surface area (Å²) in [7, 11) is 0. The fourth-order valence-electron chi connectivity index (χ4n) is 1.92. The molecular weight excluding hydrogens is 437 g/mol. The van der Waals surface area contributed by atoms with E-state index in [1.165, 1.54) is 49.7 Å². The van der Waals surface area contributed by atoms with E-state index in [-0.39, 0.29) is 61.8 Å². The minimum Gasteiger partial charge on any atom is -1.00 e. The quantitative estimate of drug-likeness (QED) is 0.508. The Balaban J connectivity index is -0.000000125. The molecule has 0 aliphatic carbocycles. The normalized spacial score (nSPS) is 8.09. The van der Waals surface area contributed by atoms with Gasteiger partial charge >= 0.3 is 52.4 Å². The van der Waals surface area contributed by atoms with Gasteiger partial charge in [-0.3, -0.25) is 0 Å². The third kappa shape index (κ3) is 15.2. The minimum atomic E-state index is 0. The number of halogens is 2. The zero-order valence-corrected chi connectivity index (χ0v) is 18.5. The predicted molar refractivity (Wildman–Crippen MR) is 81.3 cm³/mol. The molecule has 116 valence electrons. The van der Waals surface area contributed by atoms with E-state index in [2.05, 4.69) is 62.4 Å². The van der Waals surface area contributed by atoms with Crippen molar-refractivity contribution >= 4 is 0 Å². The molecule has 0 aromatic heterocycles. The third-order valence-electron chi connectivity index (χ3n) is 3.10. The molecule has 0 saturated heterocycles. The van der Waals surface area contributed by atoms with E-state index in [4.69, 9.17) is 0 Å². The monoisotopic (exact) mass is 460 g/mol. The van der Waals surface area contributed by atoms with Crippen LogP contribution in [0.3, 0.4) is 0 Å². The SMILES string of the molecule is CCCC[c-]1cccc1.CCCC[c-]1cccc1.[F-].[F-].[Zr+4].[Zr+4]. The topological polar surface area (TPSA) is 0 Å². The number of aryl methyl sites for hydroxylation is 2. The van der Waals surface area contributed by atoms with Gasteiger partial charge in [-0.1, -0.05) is 52.4 Å². The van der Waals surface area contributed by atoms with Crippen LogP contribution >= 0.6 is 0 Å². The van der Waals surface area contributed by atoms with E-state index in [1.54, 1.807) is 0 Å². The molecule has 0 amide bonds. The Bertz CT molecular complexity index is 331. The molecule has 0 saturated carbocycles. The summed E-state index contributed by atoms with van der Waals surface area (Å²) >= 11 is 0. The van der Waals surface area contributed by atoms with Gasteiger partial charge in [0.2, 0.25) is 0 Å². The van der Waals surface area contributed by atoms with Gasteiger partial charge in [0.25, 0.3) is 0 Å². The number of hydrogen-bond donors (Lipinski definition) is 0. The molecule has 0 atom stereocenters. The van der Waals surface area contributed by atoms with E-state index < -0.39 is 0 Å². The Morgan fingerprint density at radius 1 is 0.591 bits per heavy atom. The molecule has 2 rings (SSSR count). The first kappa shape index (κ1) is 30.2. The molecule has 0 fully saturated rings. The van der Waals surface area contributed by atoms with E-state index in [0.717, 1.165) is 0 Å². The largest absolute Gasteiger partial charge is 4.00 e. The Labute approximate surface area is 172 Å². The van der Waals surface area contributed by atoms with Gasteiger partial charge in [-0.2, -0.15) is 35.4 Å². The summed E-state index contributed by atoms with van der Waals surface area (Å²) < 4.78 is 0. The van der Waals surface area contributed by atoms with Gasteiger partial charge in [0.05, 0.1) is 0 Å². The zero-order chi connectivity index (χ0) is 13.1. The van der Waals surface area contributed by atoms with Crippen LogP contribution in [0.15, 0.2) is 48.5 Å². The second kappa shape index (κ2) is 21.3. The summed E-state index contributed by atoms with van der Waals surface area (Å²) in [6.45, 7) is 4.45. The molecule has 2 aromatic rings. The van der Waals surface area contributed by atoms with E-state index in [1.807, 2.05) is 0 Å². The first-order valence-electron chi connectivity index (χ1n) is 7.28. The molecule has 0 unspecified atom stereocenters. The van der Waals surface area contributed by atoms with Crippen LogP contribution in [0.5, 0.6) is 0 Å². The molecule has 2 aromatic carbocycles. The van der Waals surface area contributed by atoms with Crippen LogP contribution < -0.4 is 9.41 Å². The summed E-state index contributed by atoms with van der Waals surface area (Å²) in [5.41, 5.74) is 2.97. The van der Waals surface area contributed by atoms with Gasteiger partial charge in [-0.25, -0.2) is 24.3 Å². The first-order valence-corrected chi connectivity index (χ1v) is 7.28. The molecule has 0 heterocycles. The van der Waals surface area contributed by atoms with Gasteiger partial charge in [-0.15, -0.1) is 0 Å². The predicted octanol–water partition coefficient (Wildman–Crippen LogP) is -0.501. The summed E-state index contributed by atoms with van der Waals surface area (Å²) in [4.78, 5) is 0. The maximum absolute atomic E-state index is 2.23. The van der Waals surface area contributed by atoms with Gasteiger partial charge < -0.3 is 9.41 Å². The number of rotatable bonds is 6. The first-order chi connectivity index (χ1) is 8.86. The van der Waals surface area contributed by atoms with Crippen molar-refractivity contribution in [3.63, 3.8) is 0 Å². The summed E-state index contributed by atoms with van der Waals surface area (Å²) in [6, 6.07) is 17.2. The molecule has 0 radical (unpaired) electrons. The molecule has 0 spiro atoms. The summed E-state index contributed by atoms with van der Waals surface area (Å²) in [5.74, 6) is 0. The Kier molecular flexibility index (Phi) is 29.3. The van der Waals surface area contributed by atoms with Crippen molar-refractivity contribution in [3.8, 4) is 0 Å². The maximum Gasteiger partial charge on any atom is 4.00 e. The van der Waals surface area contributed by atoms with E-state index >= 15 is 0 Å². The fraction of sp³-hybridized carbons (Fsp3) is 0.444. The van der Waals surface area contributed by atoms with Crippen LogP contribution in [-0.2, 0) is 65.2 Å². The van der Waals surface area contributed by atoms with Crippen molar-refractivity contribution in [2.75, 3.05) is 0 Å². The Morgan fingerprint density at radius 3 is 1.09 bits per heavy atom. The average Bonchev–Trinajstić information content (AvgIpc) is 3.07. The van der Waals surface area contributed by atoms with E-state index in [9.17, 15) is 0 Å².